The first-order valence-corrected chi connectivity index (χ1v) is 7.04. The van der Waals surface area contributed by atoms with Crippen LogP contribution in [0.3, 0.4) is 0 Å². The van der Waals surface area contributed by atoms with Gasteiger partial charge in [-0.25, -0.2) is 5.10 Å². The summed E-state index contributed by atoms with van der Waals surface area (Å²) in [7, 11) is 0. The molecular formula is C16H14N4O2. The van der Waals surface area contributed by atoms with Crippen LogP contribution in [0.5, 0.6) is 0 Å². The number of nitrogens with one attached hydrogen (secondary N) is 2. The predicted octanol–water partition coefficient (Wildman–Crippen LogP) is 0.929. The Morgan fingerprint density at radius 3 is 3.09 bits per heavy atom. The van der Waals surface area contributed by atoms with Crippen LogP contribution < -0.4 is 10.9 Å². The second-order valence-corrected chi connectivity index (χ2v) is 5.31. The summed E-state index contributed by atoms with van der Waals surface area (Å²) in [5, 5.41) is 18.3. The molecule has 0 unspecified atom stereocenters. The summed E-state index contributed by atoms with van der Waals surface area (Å²) in [4.78, 5) is 23.6. The molecule has 0 saturated carbocycles. The van der Waals surface area contributed by atoms with Crippen molar-refractivity contribution in [1.29, 1.82) is 5.26 Å². The quantitative estimate of drug-likeness (QED) is 0.860. The van der Waals surface area contributed by atoms with Crippen molar-refractivity contribution in [3.8, 4) is 6.07 Å². The van der Waals surface area contributed by atoms with E-state index in [1.54, 1.807) is 24.3 Å². The second kappa shape index (κ2) is 5.82. The van der Waals surface area contributed by atoms with Gasteiger partial charge in [0.25, 0.3) is 11.5 Å². The molecule has 1 aromatic carbocycles. The molecule has 0 radical (unpaired) electrons. The zero-order valence-electron chi connectivity index (χ0n) is 11.8. The molecule has 2 N–H and O–H groups in total. The van der Waals surface area contributed by atoms with Gasteiger partial charge in [-0.1, -0.05) is 6.07 Å². The molecular weight excluding hydrogens is 280 g/mol. The third kappa shape index (κ3) is 2.88. The van der Waals surface area contributed by atoms with E-state index < -0.39 is 0 Å². The lowest BCUT2D eigenvalue weighted by Crippen LogP contribution is -2.39. The molecule has 0 fully saturated rings. The van der Waals surface area contributed by atoms with E-state index in [1.807, 2.05) is 6.07 Å². The van der Waals surface area contributed by atoms with E-state index in [0.29, 0.717) is 17.5 Å². The number of nitriles is 1. The van der Waals surface area contributed by atoms with Gasteiger partial charge in [0.15, 0.2) is 0 Å². The second-order valence-electron chi connectivity index (χ2n) is 5.31. The number of aryl methyl sites for hydroxylation is 1. The van der Waals surface area contributed by atoms with Gasteiger partial charge in [-0.05, 0) is 43.0 Å². The average molecular weight is 294 g/mol. The molecule has 0 bridgehead atoms. The molecule has 22 heavy (non-hydrogen) atoms. The summed E-state index contributed by atoms with van der Waals surface area (Å²) < 4.78 is 0. The minimum atomic E-state index is -0.229. The van der Waals surface area contributed by atoms with Crippen molar-refractivity contribution in [1.82, 2.24) is 15.5 Å². The molecule has 1 aliphatic rings. The lowest BCUT2D eigenvalue weighted by molar-refractivity contribution is 0.0933. The normalized spacial score (nSPS) is 16.4. The van der Waals surface area contributed by atoms with Crippen molar-refractivity contribution in [2.45, 2.75) is 25.3 Å². The number of fused-ring (bicyclic) bond motifs is 1. The Labute approximate surface area is 126 Å². The number of benzene rings is 1. The first kappa shape index (κ1) is 14.0. The van der Waals surface area contributed by atoms with Crippen molar-refractivity contribution in [3.63, 3.8) is 0 Å². The number of aromatic nitrogens is 2. The predicted molar refractivity (Wildman–Crippen MR) is 79.3 cm³/mol. The molecule has 6 nitrogen and oxygen atoms in total. The summed E-state index contributed by atoms with van der Waals surface area (Å²) in [5.74, 6) is -0.205. The first-order valence-electron chi connectivity index (χ1n) is 7.04. The molecule has 6 heteroatoms. The van der Waals surface area contributed by atoms with Crippen molar-refractivity contribution < 1.29 is 4.79 Å². The van der Waals surface area contributed by atoms with E-state index >= 15 is 0 Å². The Balaban J connectivity index is 1.73. The number of amides is 1. The van der Waals surface area contributed by atoms with Gasteiger partial charge in [-0.3, -0.25) is 9.59 Å². The van der Waals surface area contributed by atoms with Crippen LogP contribution >= 0.6 is 0 Å². The van der Waals surface area contributed by atoms with E-state index in [4.69, 9.17) is 5.26 Å². The number of H-pyrrole nitrogens is 1. The SMILES string of the molecule is N#Cc1cccc(C(=O)N[C@@H]2CCc3n[nH]c(=O)cc3C2)c1. The molecule has 3 rings (SSSR count). The van der Waals surface area contributed by atoms with Crippen molar-refractivity contribution >= 4 is 5.91 Å². The van der Waals surface area contributed by atoms with E-state index in [0.717, 1.165) is 24.1 Å². The number of hydrogen-bond acceptors (Lipinski definition) is 4. The van der Waals surface area contributed by atoms with Crippen LogP contribution in [0.15, 0.2) is 35.1 Å². The number of aromatic amines is 1. The maximum atomic E-state index is 12.3. The Morgan fingerprint density at radius 2 is 2.27 bits per heavy atom. The third-order valence-corrected chi connectivity index (χ3v) is 3.76. The fourth-order valence-corrected chi connectivity index (χ4v) is 2.66. The maximum Gasteiger partial charge on any atom is 0.264 e. The van der Waals surface area contributed by atoms with E-state index in [9.17, 15) is 9.59 Å². The highest BCUT2D eigenvalue weighted by atomic mass is 16.1. The average Bonchev–Trinajstić information content (AvgIpc) is 2.54. The van der Waals surface area contributed by atoms with Crippen LogP contribution in [0.25, 0.3) is 0 Å². The Kier molecular flexibility index (Phi) is 3.71. The summed E-state index contributed by atoms with van der Waals surface area (Å²) in [6.07, 6.45) is 2.08. The first-order chi connectivity index (χ1) is 10.7. The molecule has 110 valence electrons. The molecule has 1 amide bonds. The largest absolute Gasteiger partial charge is 0.349 e. The lowest BCUT2D eigenvalue weighted by atomic mass is 9.92. The van der Waals surface area contributed by atoms with E-state index in [2.05, 4.69) is 15.5 Å². The van der Waals surface area contributed by atoms with Crippen LogP contribution in [0, 0.1) is 11.3 Å². The number of rotatable bonds is 2. The van der Waals surface area contributed by atoms with Crippen molar-refractivity contribution in [2.75, 3.05) is 0 Å². The highest BCUT2D eigenvalue weighted by Gasteiger charge is 2.22. The number of nitrogens with zero attached hydrogens (tertiary/aromatic N) is 2. The Hall–Kier alpha value is -2.94. The van der Waals surface area contributed by atoms with Crippen LogP contribution in [0.1, 0.15) is 33.6 Å². The zero-order chi connectivity index (χ0) is 15.5. The molecule has 1 heterocycles. The maximum absolute atomic E-state index is 12.3. The number of carbonyl (C=O) groups excluding carboxylic acids is 1. The van der Waals surface area contributed by atoms with Gasteiger partial charge < -0.3 is 5.32 Å². The number of hydrogen-bond donors (Lipinski definition) is 2. The minimum Gasteiger partial charge on any atom is -0.349 e. The van der Waals surface area contributed by atoms with Crippen LogP contribution in [0.2, 0.25) is 0 Å². The summed E-state index contributed by atoms with van der Waals surface area (Å²) in [6, 6.07) is 10.1. The fraction of sp³-hybridized carbons (Fsp3) is 0.250. The number of carbonyl (C=O) groups is 1. The standard InChI is InChI=1S/C16H14N4O2/c17-9-10-2-1-3-11(6-10)16(22)18-13-4-5-14-12(7-13)8-15(21)20-19-14/h1-3,6,8,13H,4-5,7H2,(H,18,22)(H,20,21)/t13-/m1/s1. The molecule has 2 aromatic rings. The van der Waals surface area contributed by atoms with Gasteiger partial charge in [-0.2, -0.15) is 10.4 Å². The lowest BCUT2D eigenvalue weighted by Gasteiger charge is -2.24. The minimum absolute atomic E-state index is 0.0330. The Bertz CT molecular complexity index is 819. The third-order valence-electron chi connectivity index (χ3n) is 3.76. The smallest absolute Gasteiger partial charge is 0.264 e. The van der Waals surface area contributed by atoms with Gasteiger partial charge in [0.2, 0.25) is 0 Å². The topological polar surface area (TPSA) is 98.6 Å². The van der Waals surface area contributed by atoms with Gasteiger partial charge in [0.1, 0.15) is 0 Å². The van der Waals surface area contributed by atoms with Crippen LogP contribution in [-0.4, -0.2) is 22.1 Å². The van der Waals surface area contributed by atoms with Gasteiger partial charge >= 0.3 is 0 Å². The summed E-state index contributed by atoms with van der Waals surface area (Å²) in [5.41, 5.74) is 2.46. The van der Waals surface area contributed by atoms with Gasteiger partial charge in [0.05, 0.1) is 17.3 Å². The summed E-state index contributed by atoms with van der Waals surface area (Å²) >= 11 is 0. The molecule has 0 spiro atoms. The van der Waals surface area contributed by atoms with Gasteiger partial charge in [-0.15, -0.1) is 0 Å². The molecule has 1 aliphatic carbocycles. The summed E-state index contributed by atoms with van der Waals surface area (Å²) in [6.45, 7) is 0. The van der Waals surface area contributed by atoms with Gasteiger partial charge in [0, 0.05) is 17.7 Å². The van der Waals surface area contributed by atoms with Crippen LogP contribution in [0.4, 0.5) is 0 Å². The highest BCUT2D eigenvalue weighted by molar-refractivity contribution is 5.94. The molecule has 0 saturated heterocycles. The van der Waals surface area contributed by atoms with Crippen molar-refractivity contribution in [3.05, 3.63) is 63.1 Å². The molecule has 0 aliphatic heterocycles. The highest BCUT2D eigenvalue weighted by Crippen LogP contribution is 2.18. The molecule has 1 aromatic heterocycles. The van der Waals surface area contributed by atoms with Crippen molar-refractivity contribution in [2.24, 2.45) is 0 Å². The molecule has 1 atom stereocenters. The zero-order valence-corrected chi connectivity index (χ0v) is 11.8. The van der Waals surface area contributed by atoms with E-state index in [-0.39, 0.29) is 17.5 Å². The monoisotopic (exact) mass is 294 g/mol. The van der Waals surface area contributed by atoms with E-state index in [1.165, 1.54) is 6.07 Å². The van der Waals surface area contributed by atoms with Crippen LogP contribution in [-0.2, 0) is 12.8 Å². The Morgan fingerprint density at radius 1 is 1.41 bits per heavy atom. The fourth-order valence-electron chi connectivity index (χ4n) is 2.66.